The van der Waals surface area contributed by atoms with E-state index in [4.69, 9.17) is 0 Å². The minimum absolute atomic E-state index is 0.159. The lowest BCUT2D eigenvalue weighted by molar-refractivity contribution is -0.118. The largest absolute Gasteiger partial charge is 0.374 e. The highest BCUT2D eigenvalue weighted by atomic mass is 16.2. The van der Waals surface area contributed by atoms with Crippen molar-refractivity contribution in [1.82, 2.24) is 0 Å². The molecule has 0 aliphatic heterocycles. The van der Waals surface area contributed by atoms with Gasteiger partial charge in [-0.25, -0.2) is 0 Å². The number of anilines is 2. The molecule has 0 aromatic heterocycles. The number of carbonyl (C=O) groups excluding carboxylic acids is 1. The molecule has 3 heteroatoms. The van der Waals surface area contributed by atoms with Crippen molar-refractivity contribution in [1.29, 1.82) is 0 Å². The van der Waals surface area contributed by atoms with E-state index in [1.165, 1.54) is 0 Å². The third-order valence-electron chi connectivity index (χ3n) is 3.54. The van der Waals surface area contributed by atoms with Crippen molar-refractivity contribution in [3.05, 3.63) is 60.7 Å². The predicted molar refractivity (Wildman–Crippen MR) is 88.8 cm³/mol. The molecule has 21 heavy (non-hydrogen) atoms. The molecule has 0 heterocycles. The van der Waals surface area contributed by atoms with E-state index in [9.17, 15) is 4.79 Å². The predicted octanol–water partition coefficient (Wildman–Crippen LogP) is 3.57. The average molecular weight is 282 g/mol. The Balaban J connectivity index is 1.94. The smallest absolute Gasteiger partial charge is 0.228 e. The second-order valence-electron chi connectivity index (χ2n) is 4.98. The average Bonchev–Trinajstić information content (AvgIpc) is 2.55. The summed E-state index contributed by atoms with van der Waals surface area (Å²) in [6.45, 7) is 3.41. The molecule has 0 aliphatic rings. The maximum atomic E-state index is 12.4. The first-order valence-corrected chi connectivity index (χ1v) is 7.34. The van der Waals surface area contributed by atoms with Gasteiger partial charge >= 0.3 is 0 Å². The van der Waals surface area contributed by atoms with Crippen LogP contribution in [-0.4, -0.2) is 26.0 Å². The summed E-state index contributed by atoms with van der Waals surface area (Å²) < 4.78 is 0. The molecule has 0 aliphatic carbocycles. The number of benzene rings is 2. The molecular weight excluding hydrogens is 260 g/mol. The second-order valence-corrected chi connectivity index (χ2v) is 4.98. The van der Waals surface area contributed by atoms with Gasteiger partial charge < -0.3 is 9.80 Å². The Morgan fingerprint density at radius 2 is 1.43 bits per heavy atom. The molecule has 3 nitrogen and oxygen atoms in total. The van der Waals surface area contributed by atoms with Crippen molar-refractivity contribution in [2.45, 2.75) is 13.3 Å². The minimum atomic E-state index is 0.159. The fraction of sp³-hybridized carbons (Fsp3) is 0.278. The van der Waals surface area contributed by atoms with Gasteiger partial charge in [0.05, 0.1) is 0 Å². The Kier molecular flexibility index (Phi) is 5.38. The lowest BCUT2D eigenvalue weighted by Gasteiger charge is -2.24. The Bertz CT molecular complexity index is 554. The van der Waals surface area contributed by atoms with Crippen molar-refractivity contribution in [3.63, 3.8) is 0 Å². The summed E-state index contributed by atoms with van der Waals surface area (Å²) in [5.41, 5.74) is 2.10. The zero-order chi connectivity index (χ0) is 15.1. The van der Waals surface area contributed by atoms with Gasteiger partial charge in [0.15, 0.2) is 0 Å². The van der Waals surface area contributed by atoms with Gasteiger partial charge in [-0.2, -0.15) is 0 Å². The van der Waals surface area contributed by atoms with Gasteiger partial charge in [-0.05, 0) is 31.2 Å². The molecule has 0 fully saturated rings. The molecule has 0 saturated heterocycles. The molecule has 0 N–H and O–H groups in total. The van der Waals surface area contributed by atoms with Gasteiger partial charge in [-0.3, -0.25) is 4.79 Å². The molecule has 0 spiro atoms. The van der Waals surface area contributed by atoms with E-state index in [1.807, 2.05) is 67.4 Å². The zero-order valence-corrected chi connectivity index (χ0v) is 12.7. The van der Waals surface area contributed by atoms with E-state index in [-0.39, 0.29) is 5.91 Å². The number of hydrogen-bond donors (Lipinski definition) is 0. The van der Waals surface area contributed by atoms with Crippen LogP contribution in [0.2, 0.25) is 0 Å². The molecule has 1 amide bonds. The molecule has 2 rings (SSSR count). The van der Waals surface area contributed by atoms with E-state index < -0.39 is 0 Å². The maximum Gasteiger partial charge on any atom is 0.228 e. The first kappa shape index (κ1) is 15.1. The summed E-state index contributed by atoms with van der Waals surface area (Å²) in [6.07, 6.45) is 0.508. The van der Waals surface area contributed by atoms with Crippen LogP contribution in [0.15, 0.2) is 60.7 Å². The summed E-state index contributed by atoms with van der Waals surface area (Å²) in [7, 11) is 2.02. The molecule has 0 unspecified atom stereocenters. The summed E-state index contributed by atoms with van der Waals surface area (Å²) in [6, 6.07) is 20.0. The van der Waals surface area contributed by atoms with Crippen LogP contribution in [0.1, 0.15) is 13.3 Å². The Labute approximate surface area is 126 Å². The first-order chi connectivity index (χ1) is 10.2. The van der Waals surface area contributed by atoms with Crippen LogP contribution < -0.4 is 9.80 Å². The Morgan fingerprint density at radius 1 is 0.905 bits per heavy atom. The number of amides is 1. The fourth-order valence-corrected chi connectivity index (χ4v) is 2.32. The van der Waals surface area contributed by atoms with Gasteiger partial charge in [-0.1, -0.05) is 36.4 Å². The highest BCUT2D eigenvalue weighted by molar-refractivity contribution is 5.93. The number of para-hydroxylation sites is 2. The topological polar surface area (TPSA) is 23.6 Å². The molecule has 0 atom stereocenters. The van der Waals surface area contributed by atoms with Gasteiger partial charge in [0.25, 0.3) is 0 Å². The van der Waals surface area contributed by atoms with Gasteiger partial charge in [-0.15, -0.1) is 0 Å². The molecular formula is C18H22N2O. The van der Waals surface area contributed by atoms with Crippen molar-refractivity contribution < 1.29 is 4.79 Å². The standard InChI is InChI=1S/C18H22N2O/c1-3-20(17-12-8-5-9-13-17)18(21)14-15-19(2)16-10-6-4-7-11-16/h4-13H,3,14-15H2,1-2H3. The Morgan fingerprint density at radius 3 is 1.95 bits per heavy atom. The SMILES string of the molecule is CCN(C(=O)CCN(C)c1ccccc1)c1ccccc1. The van der Waals surface area contributed by atoms with Crippen LogP contribution >= 0.6 is 0 Å². The summed E-state index contributed by atoms with van der Waals surface area (Å²) >= 11 is 0. The monoisotopic (exact) mass is 282 g/mol. The van der Waals surface area contributed by atoms with E-state index >= 15 is 0 Å². The highest BCUT2D eigenvalue weighted by Gasteiger charge is 2.14. The van der Waals surface area contributed by atoms with Crippen molar-refractivity contribution >= 4 is 17.3 Å². The number of nitrogens with zero attached hydrogens (tertiary/aromatic N) is 2. The second kappa shape index (κ2) is 7.48. The minimum Gasteiger partial charge on any atom is -0.374 e. The van der Waals surface area contributed by atoms with E-state index in [1.54, 1.807) is 0 Å². The van der Waals surface area contributed by atoms with Crippen LogP contribution in [-0.2, 0) is 4.79 Å². The van der Waals surface area contributed by atoms with Crippen LogP contribution in [0.3, 0.4) is 0 Å². The van der Waals surface area contributed by atoms with E-state index in [0.29, 0.717) is 19.5 Å². The Hall–Kier alpha value is -2.29. The summed E-state index contributed by atoms with van der Waals surface area (Å²) in [5.74, 6) is 0.159. The van der Waals surface area contributed by atoms with Crippen molar-refractivity contribution in [2.24, 2.45) is 0 Å². The highest BCUT2D eigenvalue weighted by Crippen LogP contribution is 2.15. The van der Waals surface area contributed by atoms with Gasteiger partial charge in [0.2, 0.25) is 5.91 Å². The molecule has 110 valence electrons. The van der Waals surface area contributed by atoms with E-state index in [2.05, 4.69) is 17.0 Å². The van der Waals surface area contributed by atoms with Crippen molar-refractivity contribution in [2.75, 3.05) is 29.9 Å². The molecule has 2 aromatic rings. The fourth-order valence-electron chi connectivity index (χ4n) is 2.32. The summed E-state index contributed by atoms with van der Waals surface area (Å²) in [5, 5.41) is 0. The number of hydrogen-bond acceptors (Lipinski definition) is 2. The third kappa shape index (κ3) is 4.09. The molecule has 2 aromatic carbocycles. The maximum absolute atomic E-state index is 12.4. The first-order valence-electron chi connectivity index (χ1n) is 7.34. The van der Waals surface area contributed by atoms with Crippen LogP contribution in [0.4, 0.5) is 11.4 Å². The van der Waals surface area contributed by atoms with E-state index in [0.717, 1.165) is 11.4 Å². The lowest BCUT2D eigenvalue weighted by atomic mass is 10.2. The third-order valence-corrected chi connectivity index (χ3v) is 3.54. The zero-order valence-electron chi connectivity index (χ0n) is 12.7. The normalized spacial score (nSPS) is 10.2. The molecule has 0 saturated carbocycles. The van der Waals surface area contributed by atoms with Crippen LogP contribution in [0.25, 0.3) is 0 Å². The molecule has 0 radical (unpaired) electrons. The lowest BCUT2D eigenvalue weighted by Crippen LogP contribution is -2.33. The van der Waals surface area contributed by atoms with Crippen molar-refractivity contribution in [3.8, 4) is 0 Å². The quantitative estimate of drug-likeness (QED) is 0.808. The van der Waals surface area contributed by atoms with Crippen LogP contribution in [0, 0.1) is 0 Å². The van der Waals surface area contributed by atoms with Gasteiger partial charge in [0.1, 0.15) is 0 Å². The van der Waals surface area contributed by atoms with Gasteiger partial charge in [0, 0.05) is 37.9 Å². The molecule has 0 bridgehead atoms. The number of carbonyl (C=O) groups is 1. The summed E-state index contributed by atoms with van der Waals surface area (Å²) in [4.78, 5) is 16.3. The number of rotatable bonds is 6. The van der Waals surface area contributed by atoms with Crippen LogP contribution in [0.5, 0.6) is 0 Å².